The van der Waals surface area contributed by atoms with Crippen LogP contribution in [0.15, 0.2) is 10.5 Å². The Kier molecular flexibility index (Phi) is 3.56. The van der Waals surface area contributed by atoms with Gasteiger partial charge in [-0.1, -0.05) is 0 Å². The van der Waals surface area contributed by atoms with Crippen molar-refractivity contribution < 1.29 is 9.21 Å². The van der Waals surface area contributed by atoms with Crippen molar-refractivity contribution in [3.05, 3.63) is 33.2 Å². The number of nitrogens with one attached hydrogen (secondary N) is 1. The van der Waals surface area contributed by atoms with E-state index in [1.54, 1.807) is 18.3 Å². The van der Waals surface area contributed by atoms with E-state index >= 15 is 0 Å². The van der Waals surface area contributed by atoms with E-state index in [1.165, 1.54) is 23.3 Å². The Bertz CT molecular complexity index is 609. The zero-order chi connectivity index (χ0) is 14.1. The fourth-order valence-corrected chi connectivity index (χ4v) is 3.58. The molecule has 5 nitrogen and oxygen atoms in total. The zero-order valence-corrected chi connectivity index (χ0v) is 12.4. The first-order valence-corrected chi connectivity index (χ1v) is 7.67. The molecule has 0 fully saturated rings. The Morgan fingerprint density at radius 1 is 1.40 bits per heavy atom. The third-order valence-electron chi connectivity index (χ3n) is 3.48. The van der Waals surface area contributed by atoms with Gasteiger partial charge in [0, 0.05) is 11.8 Å². The molecule has 2 aromatic heterocycles. The molecule has 0 saturated carbocycles. The van der Waals surface area contributed by atoms with Crippen molar-refractivity contribution in [2.24, 2.45) is 0 Å². The summed E-state index contributed by atoms with van der Waals surface area (Å²) in [6.45, 7) is 3.58. The van der Waals surface area contributed by atoms with E-state index in [2.05, 4.69) is 15.5 Å². The van der Waals surface area contributed by atoms with E-state index in [1.807, 2.05) is 13.0 Å². The molecule has 0 bridgehead atoms. The molecule has 0 unspecified atom stereocenters. The number of fused-ring (bicyclic) bond motifs is 1. The second kappa shape index (κ2) is 5.36. The van der Waals surface area contributed by atoms with Crippen LogP contribution in [-0.2, 0) is 12.8 Å². The van der Waals surface area contributed by atoms with Crippen LogP contribution >= 0.6 is 11.3 Å². The second-order valence-corrected chi connectivity index (χ2v) is 6.26. The molecule has 1 atom stereocenters. The topological polar surface area (TPSA) is 68.0 Å². The molecule has 6 heteroatoms. The van der Waals surface area contributed by atoms with Gasteiger partial charge in [-0.05, 0) is 44.2 Å². The van der Waals surface area contributed by atoms with Crippen LogP contribution in [0.5, 0.6) is 0 Å². The summed E-state index contributed by atoms with van der Waals surface area (Å²) < 4.78 is 5.33. The Morgan fingerprint density at radius 2 is 2.20 bits per heavy atom. The Morgan fingerprint density at radius 3 is 2.90 bits per heavy atom. The number of hydrogen-bond acceptors (Lipinski definition) is 5. The number of carbonyl (C=O) groups excluding carboxylic acids is 1. The summed E-state index contributed by atoms with van der Waals surface area (Å²) in [7, 11) is 0. The van der Waals surface area contributed by atoms with Gasteiger partial charge >= 0.3 is 0 Å². The van der Waals surface area contributed by atoms with Gasteiger partial charge in [0.2, 0.25) is 11.8 Å². The highest BCUT2D eigenvalue weighted by molar-refractivity contribution is 7.14. The van der Waals surface area contributed by atoms with Crippen LogP contribution in [0, 0.1) is 6.92 Å². The van der Waals surface area contributed by atoms with Gasteiger partial charge in [0.1, 0.15) is 6.04 Å². The highest BCUT2D eigenvalue weighted by atomic mass is 32.1. The molecule has 2 aromatic rings. The smallest absolute Gasteiger partial charge is 0.262 e. The number of rotatable bonds is 3. The third-order valence-corrected chi connectivity index (χ3v) is 4.72. The van der Waals surface area contributed by atoms with E-state index in [0.29, 0.717) is 11.8 Å². The van der Waals surface area contributed by atoms with Crippen molar-refractivity contribution in [2.45, 2.75) is 45.6 Å². The van der Waals surface area contributed by atoms with Gasteiger partial charge in [-0.15, -0.1) is 21.5 Å². The number of amides is 1. The van der Waals surface area contributed by atoms with Crippen molar-refractivity contribution in [3.63, 3.8) is 0 Å². The van der Waals surface area contributed by atoms with Crippen LogP contribution in [0.3, 0.4) is 0 Å². The van der Waals surface area contributed by atoms with Gasteiger partial charge in [0.25, 0.3) is 5.91 Å². The molecule has 20 heavy (non-hydrogen) atoms. The molecule has 3 rings (SSSR count). The van der Waals surface area contributed by atoms with Gasteiger partial charge < -0.3 is 9.73 Å². The minimum Gasteiger partial charge on any atom is -0.423 e. The first-order valence-electron chi connectivity index (χ1n) is 6.86. The highest BCUT2D eigenvalue weighted by Crippen LogP contribution is 2.29. The lowest BCUT2D eigenvalue weighted by atomic mass is 9.99. The van der Waals surface area contributed by atoms with Crippen LogP contribution in [0.4, 0.5) is 0 Å². The summed E-state index contributed by atoms with van der Waals surface area (Å²) in [6.07, 6.45) is 4.65. The lowest BCUT2D eigenvalue weighted by molar-refractivity contribution is 0.0938. The fourth-order valence-electron chi connectivity index (χ4n) is 2.42. The molecule has 0 aromatic carbocycles. The van der Waals surface area contributed by atoms with Crippen molar-refractivity contribution >= 4 is 17.2 Å². The molecule has 0 aliphatic heterocycles. The maximum Gasteiger partial charge on any atom is 0.262 e. The third kappa shape index (κ3) is 2.60. The monoisotopic (exact) mass is 291 g/mol. The molecule has 0 radical (unpaired) electrons. The predicted octanol–water partition coefficient (Wildman–Crippen LogP) is 2.81. The molecule has 1 amide bonds. The first kappa shape index (κ1) is 13.3. The van der Waals surface area contributed by atoms with E-state index in [-0.39, 0.29) is 11.9 Å². The van der Waals surface area contributed by atoms with Crippen LogP contribution in [0.2, 0.25) is 0 Å². The number of aryl methyl sites for hydroxylation is 3. The Labute approximate surface area is 121 Å². The standard InChI is InChI=1S/C14H17N3O2S/c1-8(14-17-16-9(2)19-14)15-13(18)12-7-10-5-3-4-6-11(10)20-12/h7-8H,3-6H2,1-2H3,(H,15,18)/t8-/m0/s1. The molecular weight excluding hydrogens is 274 g/mol. The minimum atomic E-state index is -0.275. The predicted molar refractivity (Wildman–Crippen MR) is 75.9 cm³/mol. The van der Waals surface area contributed by atoms with Crippen molar-refractivity contribution in [1.29, 1.82) is 0 Å². The number of nitrogens with zero attached hydrogens (tertiary/aromatic N) is 2. The average Bonchev–Trinajstić information content (AvgIpc) is 3.04. The number of hydrogen-bond donors (Lipinski definition) is 1. The summed E-state index contributed by atoms with van der Waals surface area (Å²) in [5.41, 5.74) is 1.34. The largest absolute Gasteiger partial charge is 0.423 e. The molecule has 1 aliphatic rings. The number of thiophene rings is 1. The van der Waals surface area contributed by atoms with Crippen LogP contribution in [-0.4, -0.2) is 16.1 Å². The van der Waals surface area contributed by atoms with Crippen LogP contribution in [0.1, 0.15) is 57.7 Å². The van der Waals surface area contributed by atoms with Crippen molar-refractivity contribution in [2.75, 3.05) is 0 Å². The lowest BCUT2D eigenvalue weighted by Gasteiger charge is -2.08. The Hall–Kier alpha value is -1.69. The maximum absolute atomic E-state index is 12.3. The van der Waals surface area contributed by atoms with Crippen molar-refractivity contribution in [1.82, 2.24) is 15.5 Å². The van der Waals surface area contributed by atoms with Gasteiger partial charge in [0.15, 0.2) is 0 Å². The SMILES string of the molecule is Cc1nnc([C@H](C)NC(=O)c2cc3c(s2)CCCC3)o1. The number of carbonyl (C=O) groups is 1. The molecule has 2 heterocycles. The summed E-state index contributed by atoms with van der Waals surface area (Å²) in [5, 5.41) is 10.6. The second-order valence-electron chi connectivity index (χ2n) is 5.12. The van der Waals surface area contributed by atoms with Gasteiger partial charge in [0.05, 0.1) is 4.88 Å². The van der Waals surface area contributed by atoms with E-state index in [4.69, 9.17) is 4.42 Å². The summed E-state index contributed by atoms with van der Waals surface area (Å²) in [5.74, 6) is 0.887. The number of aromatic nitrogens is 2. The van der Waals surface area contributed by atoms with Crippen molar-refractivity contribution in [3.8, 4) is 0 Å². The zero-order valence-electron chi connectivity index (χ0n) is 11.6. The molecule has 0 spiro atoms. The molecule has 106 valence electrons. The molecular formula is C14H17N3O2S. The summed E-state index contributed by atoms with van der Waals surface area (Å²) >= 11 is 1.61. The fraction of sp³-hybridized carbons (Fsp3) is 0.500. The van der Waals surface area contributed by atoms with E-state index < -0.39 is 0 Å². The van der Waals surface area contributed by atoms with Crippen LogP contribution < -0.4 is 5.32 Å². The maximum atomic E-state index is 12.3. The molecule has 1 N–H and O–H groups in total. The van der Waals surface area contributed by atoms with E-state index in [9.17, 15) is 4.79 Å². The molecule has 1 aliphatic carbocycles. The van der Waals surface area contributed by atoms with Gasteiger partial charge in [-0.3, -0.25) is 4.79 Å². The first-order chi connectivity index (χ1) is 9.63. The van der Waals surface area contributed by atoms with Gasteiger partial charge in [-0.25, -0.2) is 0 Å². The summed E-state index contributed by atoms with van der Waals surface area (Å²) in [4.78, 5) is 14.4. The van der Waals surface area contributed by atoms with Gasteiger partial charge in [-0.2, -0.15) is 0 Å². The normalized spacial score (nSPS) is 15.7. The average molecular weight is 291 g/mol. The minimum absolute atomic E-state index is 0.0623. The lowest BCUT2D eigenvalue weighted by Crippen LogP contribution is -2.26. The quantitative estimate of drug-likeness (QED) is 0.944. The van der Waals surface area contributed by atoms with E-state index in [0.717, 1.165) is 17.7 Å². The highest BCUT2D eigenvalue weighted by Gasteiger charge is 2.20. The molecule has 0 saturated heterocycles. The Balaban J connectivity index is 1.71. The summed E-state index contributed by atoms with van der Waals surface area (Å²) in [6, 6.07) is 1.75. The van der Waals surface area contributed by atoms with Crippen LogP contribution in [0.25, 0.3) is 0 Å².